The van der Waals surface area contributed by atoms with Gasteiger partial charge in [-0.25, -0.2) is 18.2 Å². The Labute approximate surface area is 127 Å². The van der Waals surface area contributed by atoms with Crippen LogP contribution in [0.4, 0.5) is 18.9 Å². The molecule has 2 fully saturated rings. The molecule has 1 aromatic rings. The Kier molecular flexibility index (Phi) is 3.88. The Morgan fingerprint density at radius 1 is 1.09 bits per heavy atom. The summed E-state index contributed by atoms with van der Waals surface area (Å²) in [6.45, 7) is 2.83. The second-order valence-electron chi connectivity index (χ2n) is 5.86. The van der Waals surface area contributed by atoms with E-state index < -0.39 is 5.92 Å². The number of piperazine rings is 1. The van der Waals surface area contributed by atoms with Gasteiger partial charge in [-0.3, -0.25) is 0 Å². The standard InChI is InChI=1S/C15H19F3N4/c16-11-1-3-13(4-2-11)21-5-7-22(8-6-21)14(19)20-12-9-15(17,18)10-12/h1-4,12H,5-10H2,(H2,19,20). The summed E-state index contributed by atoms with van der Waals surface area (Å²) in [6.07, 6.45) is -0.410. The van der Waals surface area contributed by atoms with Gasteiger partial charge < -0.3 is 15.5 Å². The van der Waals surface area contributed by atoms with Gasteiger partial charge in [-0.15, -0.1) is 0 Å². The fourth-order valence-corrected chi connectivity index (χ4v) is 2.84. The first-order chi connectivity index (χ1) is 10.4. The smallest absolute Gasteiger partial charge is 0.252 e. The van der Waals surface area contributed by atoms with Gasteiger partial charge in [0, 0.05) is 44.7 Å². The van der Waals surface area contributed by atoms with Gasteiger partial charge in [0.05, 0.1) is 6.04 Å². The average molecular weight is 312 g/mol. The van der Waals surface area contributed by atoms with Crippen molar-refractivity contribution in [2.24, 2.45) is 10.7 Å². The summed E-state index contributed by atoms with van der Waals surface area (Å²) in [4.78, 5) is 8.24. The van der Waals surface area contributed by atoms with Crippen LogP contribution >= 0.6 is 0 Å². The van der Waals surface area contributed by atoms with Crippen molar-refractivity contribution < 1.29 is 13.2 Å². The summed E-state index contributed by atoms with van der Waals surface area (Å²) in [5.74, 6) is -2.48. The maximum atomic E-state index is 12.9. The molecule has 1 saturated carbocycles. The molecule has 0 amide bonds. The van der Waals surface area contributed by atoms with Crippen LogP contribution in [0, 0.1) is 5.82 Å². The Morgan fingerprint density at radius 3 is 2.23 bits per heavy atom. The molecule has 0 spiro atoms. The van der Waals surface area contributed by atoms with E-state index >= 15 is 0 Å². The van der Waals surface area contributed by atoms with Crippen LogP contribution in [0.25, 0.3) is 0 Å². The quantitative estimate of drug-likeness (QED) is 0.671. The van der Waals surface area contributed by atoms with Crippen LogP contribution < -0.4 is 10.6 Å². The molecule has 1 aliphatic heterocycles. The SMILES string of the molecule is NC(=NC1CC(F)(F)C1)N1CCN(c2ccc(F)cc2)CC1. The first-order valence-corrected chi connectivity index (χ1v) is 7.39. The minimum Gasteiger partial charge on any atom is -0.370 e. The zero-order chi connectivity index (χ0) is 15.7. The van der Waals surface area contributed by atoms with Gasteiger partial charge >= 0.3 is 0 Å². The fourth-order valence-electron chi connectivity index (χ4n) is 2.84. The molecule has 120 valence electrons. The van der Waals surface area contributed by atoms with Gasteiger partial charge in [-0.05, 0) is 24.3 Å². The minimum absolute atomic E-state index is 0.205. The molecule has 0 aromatic heterocycles. The molecule has 2 N–H and O–H groups in total. The Morgan fingerprint density at radius 2 is 1.68 bits per heavy atom. The zero-order valence-electron chi connectivity index (χ0n) is 12.2. The van der Waals surface area contributed by atoms with E-state index in [1.807, 2.05) is 4.90 Å². The summed E-state index contributed by atoms with van der Waals surface area (Å²) in [5, 5.41) is 0. The highest BCUT2D eigenvalue weighted by atomic mass is 19.3. The predicted octanol–water partition coefficient (Wildman–Crippen LogP) is 2.06. The largest absolute Gasteiger partial charge is 0.370 e. The summed E-state index contributed by atoms with van der Waals surface area (Å²) < 4.78 is 38.5. The molecule has 1 saturated heterocycles. The summed E-state index contributed by atoms with van der Waals surface area (Å²) in [7, 11) is 0. The predicted molar refractivity (Wildman–Crippen MR) is 79.8 cm³/mol. The van der Waals surface area contributed by atoms with Gasteiger partial charge in [0.25, 0.3) is 5.92 Å². The van der Waals surface area contributed by atoms with Crippen LogP contribution in [0.15, 0.2) is 29.3 Å². The number of rotatable bonds is 2. The van der Waals surface area contributed by atoms with E-state index in [2.05, 4.69) is 9.89 Å². The van der Waals surface area contributed by atoms with Gasteiger partial charge in [0.2, 0.25) is 0 Å². The first kappa shape index (κ1) is 15.0. The molecular formula is C15H19F3N4. The third-order valence-electron chi connectivity index (χ3n) is 4.18. The number of hydrogen-bond donors (Lipinski definition) is 1. The molecule has 1 aliphatic carbocycles. The Hall–Kier alpha value is -1.92. The van der Waals surface area contributed by atoms with Crippen molar-refractivity contribution in [1.82, 2.24) is 4.90 Å². The highest BCUT2D eigenvalue weighted by Crippen LogP contribution is 2.39. The normalized spacial score (nSPS) is 22.6. The number of alkyl halides is 2. The Bertz CT molecular complexity index is 542. The van der Waals surface area contributed by atoms with Crippen LogP contribution in [0.1, 0.15) is 12.8 Å². The molecule has 0 radical (unpaired) electrons. The lowest BCUT2D eigenvalue weighted by Crippen LogP contribution is -2.52. The molecule has 0 unspecified atom stereocenters. The molecule has 0 bridgehead atoms. The van der Waals surface area contributed by atoms with Crippen molar-refractivity contribution in [3.05, 3.63) is 30.1 Å². The van der Waals surface area contributed by atoms with Gasteiger partial charge in [0.1, 0.15) is 5.82 Å². The van der Waals surface area contributed by atoms with Crippen LogP contribution in [0.2, 0.25) is 0 Å². The van der Waals surface area contributed by atoms with E-state index in [1.165, 1.54) is 12.1 Å². The maximum absolute atomic E-state index is 12.9. The number of guanidine groups is 1. The molecule has 7 heteroatoms. The van der Waals surface area contributed by atoms with Crippen molar-refractivity contribution >= 4 is 11.6 Å². The number of anilines is 1. The van der Waals surface area contributed by atoms with E-state index in [9.17, 15) is 13.2 Å². The molecule has 0 atom stereocenters. The third-order valence-corrected chi connectivity index (χ3v) is 4.18. The van der Waals surface area contributed by atoms with E-state index in [0.717, 1.165) is 18.8 Å². The number of nitrogens with zero attached hydrogens (tertiary/aromatic N) is 3. The topological polar surface area (TPSA) is 44.9 Å². The lowest BCUT2D eigenvalue weighted by Gasteiger charge is -2.38. The first-order valence-electron chi connectivity index (χ1n) is 7.39. The van der Waals surface area contributed by atoms with Crippen LogP contribution in [-0.2, 0) is 0 Å². The third kappa shape index (κ3) is 3.28. The monoisotopic (exact) mass is 312 g/mol. The zero-order valence-corrected chi connectivity index (χ0v) is 12.2. The van der Waals surface area contributed by atoms with E-state index in [0.29, 0.717) is 19.0 Å². The Balaban J connectivity index is 1.53. The van der Waals surface area contributed by atoms with Crippen molar-refractivity contribution in [3.63, 3.8) is 0 Å². The molecule has 22 heavy (non-hydrogen) atoms. The lowest BCUT2D eigenvalue weighted by atomic mass is 9.89. The molecule has 2 aliphatic rings. The lowest BCUT2D eigenvalue weighted by molar-refractivity contribution is -0.0836. The number of halogens is 3. The second-order valence-corrected chi connectivity index (χ2v) is 5.86. The van der Waals surface area contributed by atoms with Crippen LogP contribution in [-0.4, -0.2) is 49.0 Å². The van der Waals surface area contributed by atoms with Crippen molar-refractivity contribution in [2.45, 2.75) is 24.8 Å². The van der Waals surface area contributed by atoms with Crippen LogP contribution in [0.5, 0.6) is 0 Å². The number of benzene rings is 1. The van der Waals surface area contributed by atoms with E-state index in [-0.39, 0.29) is 24.7 Å². The van der Waals surface area contributed by atoms with Crippen molar-refractivity contribution in [1.29, 1.82) is 0 Å². The minimum atomic E-state index is -2.57. The van der Waals surface area contributed by atoms with Gasteiger partial charge in [-0.1, -0.05) is 0 Å². The molecule has 3 rings (SSSR count). The van der Waals surface area contributed by atoms with E-state index in [4.69, 9.17) is 5.73 Å². The fraction of sp³-hybridized carbons (Fsp3) is 0.533. The average Bonchev–Trinajstić information content (AvgIpc) is 2.46. The number of aliphatic imine (C=N–C) groups is 1. The number of hydrogen-bond acceptors (Lipinski definition) is 2. The molecular weight excluding hydrogens is 293 g/mol. The summed E-state index contributed by atoms with van der Waals surface area (Å²) >= 11 is 0. The molecule has 4 nitrogen and oxygen atoms in total. The maximum Gasteiger partial charge on any atom is 0.252 e. The molecule has 1 heterocycles. The second kappa shape index (κ2) is 5.70. The van der Waals surface area contributed by atoms with E-state index in [1.54, 1.807) is 12.1 Å². The molecule has 1 aromatic carbocycles. The summed E-state index contributed by atoms with van der Waals surface area (Å²) in [6, 6.07) is 6.02. The van der Waals surface area contributed by atoms with Crippen molar-refractivity contribution in [3.8, 4) is 0 Å². The van der Waals surface area contributed by atoms with Crippen molar-refractivity contribution in [2.75, 3.05) is 31.1 Å². The van der Waals surface area contributed by atoms with Gasteiger partial charge in [-0.2, -0.15) is 0 Å². The van der Waals surface area contributed by atoms with Crippen LogP contribution in [0.3, 0.4) is 0 Å². The number of nitrogens with two attached hydrogens (primary N) is 1. The highest BCUT2D eigenvalue weighted by Gasteiger charge is 2.45. The highest BCUT2D eigenvalue weighted by molar-refractivity contribution is 5.78. The van der Waals surface area contributed by atoms with Gasteiger partial charge in [0.15, 0.2) is 5.96 Å². The summed E-state index contributed by atoms with van der Waals surface area (Å²) in [5.41, 5.74) is 6.88.